The van der Waals surface area contributed by atoms with Gasteiger partial charge in [-0.25, -0.2) is 0 Å². The van der Waals surface area contributed by atoms with E-state index >= 15 is 0 Å². The molecule has 0 spiro atoms. The van der Waals surface area contributed by atoms with E-state index in [4.69, 9.17) is 11.5 Å². The lowest BCUT2D eigenvalue weighted by Gasteiger charge is -2.35. The highest BCUT2D eigenvalue weighted by molar-refractivity contribution is 6.02. The molecule has 2 bridgehead atoms. The summed E-state index contributed by atoms with van der Waals surface area (Å²) in [6.07, 6.45) is 2.40. The fourth-order valence-corrected chi connectivity index (χ4v) is 5.40. The van der Waals surface area contributed by atoms with Crippen molar-refractivity contribution in [1.29, 1.82) is 5.26 Å². The van der Waals surface area contributed by atoms with Crippen LogP contribution in [0.4, 0.5) is 5.69 Å². The average molecular weight is 408 g/mol. The van der Waals surface area contributed by atoms with Gasteiger partial charge >= 0.3 is 0 Å². The van der Waals surface area contributed by atoms with Crippen molar-refractivity contribution in [3.05, 3.63) is 29.8 Å². The standard InChI is InChI=1S/C21H24N6O3/c22-8-14-5-12-6-17(12)27(14)20(29)16(23)10-25-9-15-7-18(25)21(30)26(15)13-3-1-11(2-4-13)19(24)28/h1-4,12,14-18H,5-7,9-10,23H2,(H2,24,28)/t12-,14?,15+,16?,17+,18+/m1/s1. The van der Waals surface area contributed by atoms with Crippen LogP contribution < -0.4 is 16.4 Å². The quantitative estimate of drug-likeness (QED) is 0.668. The molecule has 3 heterocycles. The Morgan fingerprint density at radius 1 is 1.20 bits per heavy atom. The van der Waals surface area contributed by atoms with Crippen LogP contribution in [0.5, 0.6) is 0 Å². The maximum atomic E-state index is 13.0. The van der Waals surface area contributed by atoms with Crippen molar-refractivity contribution in [2.75, 3.05) is 18.0 Å². The maximum Gasteiger partial charge on any atom is 0.248 e. The number of piperidine rings is 1. The SMILES string of the molecule is N#CC1C[C@@H]2C[C@@H]2N1C(=O)C(N)CN1C[C@@H]2C[C@H]1C(=O)N2c1ccc(C(N)=O)cc1. The second-order valence-electron chi connectivity index (χ2n) is 8.77. The first-order chi connectivity index (χ1) is 14.4. The van der Waals surface area contributed by atoms with Crippen LogP contribution in [0.3, 0.4) is 0 Å². The summed E-state index contributed by atoms with van der Waals surface area (Å²) in [4.78, 5) is 42.6. The molecule has 3 saturated heterocycles. The highest BCUT2D eigenvalue weighted by atomic mass is 16.2. The highest BCUT2D eigenvalue weighted by Crippen LogP contribution is 2.47. The Hall–Kier alpha value is -2.96. The van der Waals surface area contributed by atoms with Crippen molar-refractivity contribution < 1.29 is 14.4 Å². The summed E-state index contributed by atoms with van der Waals surface area (Å²) < 4.78 is 0. The van der Waals surface area contributed by atoms with Crippen LogP contribution >= 0.6 is 0 Å². The number of nitrogens with two attached hydrogens (primary N) is 2. The Labute approximate surface area is 174 Å². The summed E-state index contributed by atoms with van der Waals surface area (Å²) in [5.74, 6) is -0.254. The lowest BCUT2D eigenvalue weighted by molar-refractivity contribution is -0.135. The Balaban J connectivity index is 1.24. The van der Waals surface area contributed by atoms with Gasteiger partial charge < -0.3 is 21.3 Å². The predicted octanol–water partition coefficient (Wildman–Crippen LogP) is -0.585. The number of benzene rings is 1. The molecule has 0 aromatic heterocycles. The molecule has 4 fully saturated rings. The van der Waals surface area contributed by atoms with E-state index in [2.05, 4.69) is 6.07 Å². The van der Waals surface area contributed by atoms with E-state index in [-0.39, 0.29) is 36.0 Å². The number of nitrogens with zero attached hydrogens (tertiary/aromatic N) is 4. The first kappa shape index (κ1) is 19.0. The van der Waals surface area contributed by atoms with Crippen LogP contribution in [-0.2, 0) is 9.59 Å². The summed E-state index contributed by atoms with van der Waals surface area (Å²) in [6, 6.07) is 7.70. The van der Waals surface area contributed by atoms with E-state index in [9.17, 15) is 19.6 Å². The van der Waals surface area contributed by atoms with E-state index in [1.807, 2.05) is 4.90 Å². The number of hydrogen-bond donors (Lipinski definition) is 2. The molecule has 4 aliphatic rings. The number of fused-ring (bicyclic) bond motifs is 3. The molecule has 1 aromatic rings. The molecule has 5 rings (SSSR count). The molecule has 2 unspecified atom stereocenters. The number of rotatable bonds is 5. The number of primary amides is 1. The van der Waals surface area contributed by atoms with Gasteiger partial charge in [0.05, 0.1) is 24.2 Å². The topological polar surface area (TPSA) is 137 Å². The van der Waals surface area contributed by atoms with Gasteiger partial charge in [0.15, 0.2) is 0 Å². The minimum atomic E-state index is -0.740. The second-order valence-corrected chi connectivity index (χ2v) is 8.77. The second kappa shape index (κ2) is 6.79. The Morgan fingerprint density at radius 3 is 2.57 bits per heavy atom. The van der Waals surface area contributed by atoms with Crippen molar-refractivity contribution in [1.82, 2.24) is 9.80 Å². The molecule has 9 heteroatoms. The number of carbonyl (C=O) groups is 3. The molecule has 1 aromatic carbocycles. The Bertz CT molecular complexity index is 956. The van der Waals surface area contributed by atoms with E-state index in [0.29, 0.717) is 31.0 Å². The van der Waals surface area contributed by atoms with Crippen molar-refractivity contribution in [2.45, 2.75) is 49.5 Å². The predicted molar refractivity (Wildman–Crippen MR) is 107 cm³/mol. The number of hydrogen-bond acceptors (Lipinski definition) is 6. The third-order valence-electron chi connectivity index (χ3n) is 6.96. The fraction of sp³-hybridized carbons (Fsp3) is 0.524. The van der Waals surface area contributed by atoms with Gasteiger partial charge in [0.1, 0.15) is 6.04 Å². The minimum absolute atomic E-state index is 0.00989. The van der Waals surface area contributed by atoms with Gasteiger partial charge in [0.2, 0.25) is 17.7 Å². The molecule has 4 N–H and O–H groups in total. The average Bonchev–Trinajstić information content (AvgIpc) is 3.07. The molecule has 3 aliphatic heterocycles. The Morgan fingerprint density at radius 2 is 1.93 bits per heavy atom. The summed E-state index contributed by atoms with van der Waals surface area (Å²) in [7, 11) is 0. The van der Waals surface area contributed by atoms with Crippen LogP contribution in [0, 0.1) is 17.2 Å². The maximum absolute atomic E-state index is 13.0. The lowest BCUT2D eigenvalue weighted by Crippen LogP contribution is -2.57. The summed E-state index contributed by atoms with van der Waals surface area (Å²) in [6.45, 7) is 0.953. The fourth-order valence-electron chi connectivity index (χ4n) is 5.40. The molecule has 3 amide bonds. The zero-order valence-corrected chi connectivity index (χ0v) is 16.5. The molecule has 30 heavy (non-hydrogen) atoms. The molecule has 1 aliphatic carbocycles. The number of carbonyl (C=O) groups excluding carboxylic acids is 3. The molecule has 1 saturated carbocycles. The van der Waals surface area contributed by atoms with Gasteiger partial charge in [-0.05, 0) is 49.4 Å². The highest BCUT2D eigenvalue weighted by Gasteiger charge is 2.55. The zero-order chi connectivity index (χ0) is 21.2. The van der Waals surface area contributed by atoms with Crippen LogP contribution in [0.25, 0.3) is 0 Å². The third-order valence-corrected chi connectivity index (χ3v) is 6.96. The lowest BCUT2D eigenvalue weighted by atomic mass is 10.1. The zero-order valence-electron chi connectivity index (χ0n) is 16.5. The summed E-state index contributed by atoms with van der Waals surface area (Å²) in [5, 5.41) is 9.32. The number of piperazine rings is 1. The number of nitriles is 1. The van der Waals surface area contributed by atoms with E-state index in [1.165, 1.54) is 0 Å². The van der Waals surface area contributed by atoms with Gasteiger partial charge in [-0.1, -0.05) is 0 Å². The normalized spacial score (nSPS) is 32.8. The molecular weight excluding hydrogens is 384 g/mol. The van der Waals surface area contributed by atoms with Crippen LogP contribution in [-0.4, -0.2) is 70.8 Å². The largest absolute Gasteiger partial charge is 0.366 e. The smallest absolute Gasteiger partial charge is 0.248 e. The third kappa shape index (κ3) is 2.87. The van der Waals surface area contributed by atoms with Gasteiger partial charge in [-0.3, -0.25) is 19.3 Å². The first-order valence-corrected chi connectivity index (χ1v) is 10.3. The Kier molecular flexibility index (Phi) is 4.31. The van der Waals surface area contributed by atoms with Gasteiger partial charge in [-0.15, -0.1) is 0 Å². The summed E-state index contributed by atoms with van der Waals surface area (Å²) >= 11 is 0. The van der Waals surface area contributed by atoms with Gasteiger partial charge in [0, 0.05) is 30.4 Å². The minimum Gasteiger partial charge on any atom is -0.366 e. The van der Waals surface area contributed by atoms with E-state index in [1.54, 1.807) is 34.1 Å². The number of likely N-dealkylation sites (tertiary alicyclic amines) is 2. The van der Waals surface area contributed by atoms with Crippen LogP contribution in [0.15, 0.2) is 24.3 Å². The van der Waals surface area contributed by atoms with E-state index < -0.39 is 11.9 Å². The molecule has 6 atom stereocenters. The van der Waals surface area contributed by atoms with Crippen molar-refractivity contribution in [2.24, 2.45) is 17.4 Å². The van der Waals surface area contributed by atoms with Crippen LogP contribution in [0.2, 0.25) is 0 Å². The molecular formula is C21H24N6O3. The van der Waals surface area contributed by atoms with Crippen molar-refractivity contribution in [3.8, 4) is 6.07 Å². The molecule has 9 nitrogen and oxygen atoms in total. The van der Waals surface area contributed by atoms with Gasteiger partial charge in [-0.2, -0.15) is 5.26 Å². The number of anilines is 1. The van der Waals surface area contributed by atoms with E-state index in [0.717, 1.165) is 18.5 Å². The molecule has 156 valence electrons. The molecule has 0 radical (unpaired) electrons. The van der Waals surface area contributed by atoms with Gasteiger partial charge in [0.25, 0.3) is 0 Å². The van der Waals surface area contributed by atoms with Crippen molar-refractivity contribution in [3.63, 3.8) is 0 Å². The van der Waals surface area contributed by atoms with Crippen LogP contribution in [0.1, 0.15) is 29.6 Å². The monoisotopic (exact) mass is 408 g/mol. The number of amides is 3. The summed E-state index contributed by atoms with van der Waals surface area (Å²) in [5.41, 5.74) is 12.7. The van der Waals surface area contributed by atoms with Crippen molar-refractivity contribution >= 4 is 23.4 Å². The first-order valence-electron chi connectivity index (χ1n) is 10.3.